The first-order chi connectivity index (χ1) is 8.09. The van der Waals surface area contributed by atoms with E-state index < -0.39 is 20.0 Å². The maximum Gasteiger partial charge on any atom is 0.240 e. The van der Waals surface area contributed by atoms with E-state index in [1.54, 1.807) is 0 Å². The van der Waals surface area contributed by atoms with Gasteiger partial charge < -0.3 is 11.1 Å². The molecule has 8 nitrogen and oxygen atoms in total. The van der Waals surface area contributed by atoms with Crippen molar-refractivity contribution < 1.29 is 16.8 Å². The summed E-state index contributed by atoms with van der Waals surface area (Å²) < 4.78 is 43.6. The maximum atomic E-state index is 11.1. The van der Waals surface area contributed by atoms with Gasteiger partial charge in [0.1, 0.15) is 4.90 Å². The van der Waals surface area contributed by atoms with E-state index in [1.807, 2.05) is 0 Å². The van der Waals surface area contributed by atoms with E-state index in [9.17, 15) is 16.8 Å². The lowest BCUT2D eigenvalue weighted by Crippen LogP contribution is -2.22. The average Bonchev–Trinajstić information content (AvgIpc) is 2.13. The highest BCUT2D eigenvalue weighted by Crippen LogP contribution is 2.21. The molecule has 0 aliphatic carbocycles. The molecule has 0 amide bonds. The number of nitrogens with one attached hydrogen (secondary N) is 1. The molecule has 1 aromatic carbocycles. The maximum absolute atomic E-state index is 11.1. The summed E-state index contributed by atoms with van der Waals surface area (Å²) in [5.41, 5.74) is 5.98. The van der Waals surface area contributed by atoms with Crippen LogP contribution in [-0.4, -0.2) is 29.1 Å². The number of hydrogen-bond donors (Lipinski definition) is 4. The van der Waals surface area contributed by atoms with Crippen LogP contribution in [0.3, 0.4) is 0 Å². The fourth-order valence-corrected chi connectivity index (χ4v) is 2.29. The van der Waals surface area contributed by atoms with Crippen molar-refractivity contribution in [3.63, 3.8) is 0 Å². The molecule has 0 radical (unpaired) electrons. The van der Waals surface area contributed by atoms with Gasteiger partial charge in [-0.15, -0.1) is 0 Å². The van der Waals surface area contributed by atoms with E-state index in [0.717, 1.165) is 0 Å². The molecule has 0 bridgehead atoms. The summed E-state index contributed by atoms with van der Waals surface area (Å²) in [6.45, 7) is 0.0903. The van der Waals surface area contributed by atoms with Crippen molar-refractivity contribution in [1.82, 2.24) is 0 Å². The summed E-state index contributed by atoms with van der Waals surface area (Å²) in [6, 6.07) is 4.02. The summed E-state index contributed by atoms with van der Waals surface area (Å²) in [5, 5.41) is 12.5. The van der Waals surface area contributed by atoms with Crippen LogP contribution in [0, 0.1) is 0 Å². The third-order valence-electron chi connectivity index (χ3n) is 2.03. The third-order valence-corrected chi connectivity index (χ3v) is 3.79. The van der Waals surface area contributed by atoms with E-state index in [0.29, 0.717) is 5.69 Å². The molecule has 102 valence electrons. The summed E-state index contributed by atoms with van der Waals surface area (Å²) in [6.07, 6.45) is 0. The molecule has 0 unspecified atom stereocenters. The number of nitrogen functional groups attached to an aromatic ring is 1. The Kier molecular flexibility index (Phi) is 4.16. The molecule has 0 saturated heterocycles. The number of sulfonamides is 2. The minimum atomic E-state index is -3.86. The van der Waals surface area contributed by atoms with E-state index in [2.05, 4.69) is 5.32 Å². The van der Waals surface area contributed by atoms with E-state index in [1.165, 1.54) is 18.2 Å². The number of benzene rings is 1. The van der Waals surface area contributed by atoms with Crippen LogP contribution in [0.15, 0.2) is 23.1 Å². The van der Waals surface area contributed by atoms with Gasteiger partial charge in [-0.05, 0) is 18.2 Å². The average molecular weight is 294 g/mol. The molecule has 0 spiro atoms. The van der Waals surface area contributed by atoms with Crippen LogP contribution in [0.1, 0.15) is 0 Å². The largest absolute Gasteiger partial charge is 0.398 e. The predicted molar refractivity (Wildman–Crippen MR) is 68.7 cm³/mol. The number of rotatable bonds is 5. The Morgan fingerprint density at radius 1 is 1.11 bits per heavy atom. The molecule has 0 aliphatic rings. The molecular weight excluding hydrogens is 280 g/mol. The van der Waals surface area contributed by atoms with Crippen molar-refractivity contribution in [3.8, 4) is 0 Å². The van der Waals surface area contributed by atoms with Crippen molar-refractivity contribution in [2.45, 2.75) is 4.90 Å². The smallest absolute Gasteiger partial charge is 0.240 e. The van der Waals surface area contributed by atoms with Crippen molar-refractivity contribution in [2.24, 2.45) is 10.3 Å². The quantitative estimate of drug-likeness (QED) is 0.490. The van der Waals surface area contributed by atoms with Gasteiger partial charge in [0.2, 0.25) is 20.0 Å². The summed E-state index contributed by atoms with van der Waals surface area (Å²) >= 11 is 0. The van der Waals surface area contributed by atoms with Crippen molar-refractivity contribution in [3.05, 3.63) is 18.2 Å². The van der Waals surface area contributed by atoms with Gasteiger partial charge in [0.15, 0.2) is 0 Å². The summed E-state index contributed by atoms with van der Waals surface area (Å²) in [4.78, 5) is -0.181. The van der Waals surface area contributed by atoms with Gasteiger partial charge >= 0.3 is 0 Å². The van der Waals surface area contributed by atoms with Gasteiger partial charge in [-0.25, -0.2) is 27.1 Å². The molecule has 0 saturated carbocycles. The standard InChI is InChI=1S/C8H14N4O4S2/c9-7-5-6(12-3-4-17(10,13)14)1-2-8(7)18(11,15)16/h1-2,5,12H,3-4,9H2,(H2,10,13,14)(H2,11,15,16). The van der Waals surface area contributed by atoms with Crippen molar-refractivity contribution in [1.29, 1.82) is 0 Å². The van der Waals surface area contributed by atoms with Crippen molar-refractivity contribution >= 4 is 31.4 Å². The Bertz CT molecular complexity index is 639. The third kappa shape index (κ3) is 4.49. The lowest BCUT2D eigenvalue weighted by molar-refractivity contribution is 0.596. The molecule has 7 N–H and O–H groups in total. The molecule has 0 aromatic heterocycles. The van der Waals surface area contributed by atoms with E-state index >= 15 is 0 Å². The monoisotopic (exact) mass is 294 g/mol. The summed E-state index contributed by atoms with van der Waals surface area (Å²) in [7, 11) is -7.41. The Hall–Kier alpha value is -1.36. The lowest BCUT2D eigenvalue weighted by atomic mass is 10.3. The topological polar surface area (TPSA) is 158 Å². The Morgan fingerprint density at radius 3 is 2.17 bits per heavy atom. The van der Waals surface area contributed by atoms with Crippen LogP contribution >= 0.6 is 0 Å². The Labute approximate surface area is 105 Å². The van der Waals surface area contributed by atoms with Crippen LogP contribution in [0.4, 0.5) is 11.4 Å². The SMILES string of the molecule is Nc1cc(NCCS(N)(=O)=O)ccc1S(N)(=O)=O. The second kappa shape index (κ2) is 5.10. The van der Waals surface area contributed by atoms with Crippen molar-refractivity contribution in [2.75, 3.05) is 23.3 Å². The molecule has 0 fully saturated rings. The zero-order valence-corrected chi connectivity index (χ0v) is 11.0. The van der Waals surface area contributed by atoms with Gasteiger partial charge in [0.05, 0.1) is 11.4 Å². The molecule has 1 rings (SSSR count). The fourth-order valence-electron chi connectivity index (χ4n) is 1.26. The highest BCUT2D eigenvalue weighted by molar-refractivity contribution is 7.89. The minimum absolute atomic E-state index is 0.0156. The first-order valence-electron chi connectivity index (χ1n) is 4.76. The fraction of sp³-hybridized carbons (Fsp3) is 0.250. The van der Waals surface area contributed by atoms with Crippen LogP contribution in [0.5, 0.6) is 0 Å². The van der Waals surface area contributed by atoms with Crippen LogP contribution < -0.4 is 21.3 Å². The predicted octanol–water partition coefficient (Wildman–Crippen LogP) is -1.38. The van der Waals surface area contributed by atoms with Gasteiger partial charge in [-0.1, -0.05) is 0 Å². The molecule has 18 heavy (non-hydrogen) atoms. The second-order valence-electron chi connectivity index (χ2n) is 3.59. The molecule has 0 aliphatic heterocycles. The number of anilines is 2. The van der Waals surface area contributed by atoms with Crippen LogP contribution in [0.25, 0.3) is 0 Å². The zero-order chi connectivity index (χ0) is 14.0. The first kappa shape index (κ1) is 14.7. The molecule has 10 heteroatoms. The van der Waals surface area contributed by atoms with Gasteiger partial charge in [-0.3, -0.25) is 0 Å². The van der Waals surface area contributed by atoms with Gasteiger partial charge in [-0.2, -0.15) is 0 Å². The van der Waals surface area contributed by atoms with Crippen LogP contribution in [0.2, 0.25) is 0 Å². The first-order valence-corrected chi connectivity index (χ1v) is 8.02. The highest BCUT2D eigenvalue weighted by atomic mass is 32.2. The number of nitrogens with two attached hydrogens (primary N) is 3. The van der Waals surface area contributed by atoms with Gasteiger partial charge in [0, 0.05) is 12.2 Å². The highest BCUT2D eigenvalue weighted by Gasteiger charge is 2.12. The normalized spacial score (nSPS) is 12.3. The summed E-state index contributed by atoms with van der Waals surface area (Å²) in [5.74, 6) is -0.246. The zero-order valence-electron chi connectivity index (χ0n) is 9.33. The molecule has 1 aromatic rings. The molecule has 0 heterocycles. The van der Waals surface area contributed by atoms with E-state index in [-0.39, 0.29) is 22.9 Å². The second-order valence-corrected chi connectivity index (χ2v) is 6.86. The molecular formula is C8H14N4O4S2. The number of primary sulfonamides is 2. The van der Waals surface area contributed by atoms with Crippen LogP contribution in [-0.2, 0) is 20.0 Å². The van der Waals surface area contributed by atoms with Gasteiger partial charge in [0.25, 0.3) is 0 Å². The molecule has 0 atom stereocenters. The Morgan fingerprint density at radius 2 is 1.72 bits per heavy atom. The lowest BCUT2D eigenvalue weighted by Gasteiger charge is -2.08. The number of hydrogen-bond acceptors (Lipinski definition) is 6. The minimum Gasteiger partial charge on any atom is -0.398 e. The van der Waals surface area contributed by atoms with E-state index in [4.69, 9.17) is 16.0 Å². The Balaban J connectivity index is 2.80.